The minimum Gasteiger partial charge on any atom is -0.451 e. The van der Waals surface area contributed by atoms with E-state index in [-0.39, 0.29) is 63.4 Å². The number of benzene rings is 3. The second-order valence-electron chi connectivity index (χ2n) is 8.99. The highest BCUT2D eigenvalue weighted by atomic mass is 16.5. The molecule has 0 heterocycles. The van der Waals surface area contributed by atoms with Crippen molar-refractivity contribution in [1.29, 1.82) is 0 Å². The minimum atomic E-state index is -0.565. The van der Waals surface area contributed by atoms with Crippen LogP contribution in [0.4, 0.5) is 0 Å². The molecule has 0 aromatic heterocycles. The predicted molar refractivity (Wildman–Crippen MR) is 145 cm³/mol. The Labute approximate surface area is 234 Å². The zero-order chi connectivity index (χ0) is 29.1. The van der Waals surface area contributed by atoms with Crippen LogP contribution in [0, 0.1) is 0 Å². The van der Waals surface area contributed by atoms with Gasteiger partial charge < -0.3 is 24.8 Å². The lowest BCUT2D eigenvalue weighted by Gasteiger charge is -2.22. The number of ketones is 4. The van der Waals surface area contributed by atoms with Gasteiger partial charge >= 0.3 is 0 Å². The number of allylic oxidation sites excluding steroid dienone is 4. The van der Waals surface area contributed by atoms with Gasteiger partial charge in [0, 0.05) is 35.8 Å². The summed E-state index contributed by atoms with van der Waals surface area (Å²) in [5.74, 6) is -2.69. The molecule has 1 amide bonds. The Bertz CT molecular complexity index is 1670. The van der Waals surface area contributed by atoms with Gasteiger partial charge in [0.2, 0.25) is 40.6 Å². The van der Waals surface area contributed by atoms with E-state index in [2.05, 4.69) is 10.6 Å². The first-order valence-electron chi connectivity index (χ1n) is 12.7. The largest absolute Gasteiger partial charge is 0.451 e. The van der Waals surface area contributed by atoms with Crippen LogP contribution in [0.2, 0.25) is 0 Å². The second kappa shape index (κ2) is 11.4. The van der Waals surface area contributed by atoms with E-state index in [1.54, 1.807) is 43.3 Å². The SMILES string of the molecule is CCOCNC1=C(Oc2ccc(OC3=C(NC(C)=O)C(=O)c4ccccc4C3=O)cc2)C(=O)c2ccccc2C1=O. The summed E-state index contributed by atoms with van der Waals surface area (Å²) in [5, 5.41) is 5.25. The average Bonchev–Trinajstić information content (AvgIpc) is 2.98. The van der Waals surface area contributed by atoms with Gasteiger partial charge in [-0.3, -0.25) is 24.0 Å². The summed E-state index contributed by atoms with van der Waals surface area (Å²) in [6, 6.07) is 18.6. The highest BCUT2D eigenvalue weighted by molar-refractivity contribution is 6.27. The van der Waals surface area contributed by atoms with Gasteiger partial charge in [-0.2, -0.15) is 0 Å². The second-order valence-corrected chi connectivity index (χ2v) is 8.99. The topological polar surface area (TPSA) is 137 Å². The third kappa shape index (κ3) is 5.28. The van der Waals surface area contributed by atoms with E-state index in [9.17, 15) is 24.0 Å². The number of hydrogen-bond donors (Lipinski definition) is 2. The van der Waals surface area contributed by atoms with Crippen molar-refractivity contribution in [3.8, 4) is 11.5 Å². The van der Waals surface area contributed by atoms with Crippen LogP contribution in [0.25, 0.3) is 0 Å². The third-order valence-electron chi connectivity index (χ3n) is 6.27. The van der Waals surface area contributed by atoms with Crippen molar-refractivity contribution in [3.05, 3.63) is 118 Å². The number of hydrogen-bond acceptors (Lipinski definition) is 9. The standard InChI is InChI=1S/C31H24N2O8/c1-3-39-16-32-24-26(35)20-8-4-6-10-22(20)28(37)30(24)40-18-12-14-19(15-13-18)41-31-25(33-17(2)34)27(36)21-9-5-7-11-23(21)29(31)38/h4-15,32H,3,16H2,1-2H3,(H,33,34). The summed E-state index contributed by atoms with van der Waals surface area (Å²) in [4.78, 5) is 64.5. The van der Waals surface area contributed by atoms with E-state index >= 15 is 0 Å². The van der Waals surface area contributed by atoms with Crippen LogP contribution >= 0.6 is 0 Å². The predicted octanol–water partition coefficient (Wildman–Crippen LogP) is 3.75. The molecule has 0 spiro atoms. The lowest BCUT2D eigenvalue weighted by molar-refractivity contribution is -0.118. The van der Waals surface area contributed by atoms with Crippen LogP contribution in [0.1, 0.15) is 55.3 Å². The van der Waals surface area contributed by atoms with Gasteiger partial charge in [0.15, 0.2) is 0 Å². The summed E-state index contributed by atoms with van der Waals surface area (Å²) in [6.45, 7) is 3.41. The van der Waals surface area contributed by atoms with Crippen LogP contribution in [0.15, 0.2) is 95.7 Å². The van der Waals surface area contributed by atoms with Gasteiger partial charge in [0.25, 0.3) is 0 Å². The maximum absolute atomic E-state index is 13.3. The first-order chi connectivity index (χ1) is 19.8. The lowest BCUT2D eigenvalue weighted by Crippen LogP contribution is -2.34. The fraction of sp³-hybridized carbons (Fsp3) is 0.129. The Morgan fingerprint density at radius 2 is 1.05 bits per heavy atom. The van der Waals surface area contributed by atoms with E-state index < -0.39 is 29.0 Å². The van der Waals surface area contributed by atoms with Crippen LogP contribution in [-0.2, 0) is 9.53 Å². The number of amides is 1. The first kappa shape index (κ1) is 27.2. The maximum atomic E-state index is 13.3. The molecular weight excluding hydrogens is 528 g/mol. The van der Waals surface area contributed by atoms with Gasteiger partial charge in [-0.25, -0.2) is 0 Å². The molecule has 2 N–H and O–H groups in total. The van der Waals surface area contributed by atoms with Crippen molar-refractivity contribution in [2.24, 2.45) is 0 Å². The maximum Gasteiger partial charge on any atom is 0.231 e. The van der Waals surface area contributed by atoms with E-state index in [1.807, 2.05) is 0 Å². The first-order valence-corrected chi connectivity index (χ1v) is 12.7. The molecule has 0 fully saturated rings. The van der Waals surface area contributed by atoms with Gasteiger partial charge in [-0.1, -0.05) is 48.5 Å². The monoisotopic (exact) mass is 552 g/mol. The molecule has 0 unspecified atom stereocenters. The number of fused-ring (bicyclic) bond motifs is 2. The number of nitrogens with one attached hydrogen (secondary N) is 2. The number of rotatable bonds is 9. The molecule has 0 saturated carbocycles. The van der Waals surface area contributed by atoms with Crippen molar-refractivity contribution in [2.45, 2.75) is 13.8 Å². The Kier molecular flexibility index (Phi) is 7.57. The van der Waals surface area contributed by atoms with E-state index in [0.29, 0.717) is 6.61 Å². The summed E-state index contributed by atoms with van der Waals surface area (Å²) < 4.78 is 17.0. The van der Waals surface area contributed by atoms with Crippen LogP contribution in [0.5, 0.6) is 11.5 Å². The molecule has 0 saturated heterocycles. The molecule has 41 heavy (non-hydrogen) atoms. The molecule has 10 nitrogen and oxygen atoms in total. The van der Waals surface area contributed by atoms with Crippen molar-refractivity contribution < 1.29 is 38.2 Å². The molecule has 0 aliphatic heterocycles. The van der Waals surface area contributed by atoms with Crippen molar-refractivity contribution >= 4 is 29.0 Å². The van der Waals surface area contributed by atoms with Crippen LogP contribution < -0.4 is 20.1 Å². The fourth-order valence-corrected chi connectivity index (χ4v) is 4.39. The van der Waals surface area contributed by atoms with Gasteiger partial charge in [-0.05, 0) is 31.2 Å². The summed E-state index contributed by atoms with van der Waals surface area (Å²) in [5.41, 5.74) is 0.491. The van der Waals surface area contributed by atoms with Crippen molar-refractivity contribution in [2.75, 3.05) is 13.3 Å². The van der Waals surface area contributed by atoms with E-state index in [1.165, 1.54) is 43.3 Å². The molecule has 3 aromatic carbocycles. The summed E-state index contributed by atoms with van der Waals surface area (Å²) in [6.07, 6.45) is 0. The Morgan fingerprint density at radius 3 is 1.49 bits per heavy atom. The number of carbonyl (C=O) groups excluding carboxylic acids is 5. The van der Waals surface area contributed by atoms with Gasteiger partial charge in [0.05, 0.1) is 0 Å². The molecular formula is C31H24N2O8. The molecule has 10 heteroatoms. The summed E-state index contributed by atoms with van der Waals surface area (Å²) in [7, 11) is 0. The summed E-state index contributed by atoms with van der Waals surface area (Å²) >= 11 is 0. The molecule has 5 rings (SSSR count). The highest BCUT2D eigenvalue weighted by Crippen LogP contribution is 2.31. The number of carbonyl (C=O) groups is 5. The molecule has 0 radical (unpaired) electrons. The van der Waals surface area contributed by atoms with Crippen molar-refractivity contribution in [1.82, 2.24) is 10.6 Å². The highest BCUT2D eigenvalue weighted by Gasteiger charge is 2.36. The molecule has 0 atom stereocenters. The normalized spacial score (nSPS) is 14.5. The zero-order valence-electron chi connectivity index (χ0n) is 22.1. The third-order valence-corrected chi connectivity index (χ3v) is 6.27. The Balaban J connectivity index is 1.43. The molecule has 3 aromatic rings. The zero-order valence-corrected chi connectivity index (χ0v) is 22.1. The smallest absolute Gasteiger partial charge is 0.231 e. The molecule has 2 aliphatic rings. The van der Waals surface area contributed by atoms with Crippen LogP contribution in [0.3, 0.4) is 0 Å². The molecule has 206 valence electrons. The Morgan fingerprint density at radius 1 is 0.634 bits per heavy atom. The van der Waals surface area contributed by atoms with E-state index in [0.717, 1.165) is 0 Å². The van der Waals surface area contributed by atoms with Crippen molar-refractivity contribution in [3.63, 3.8) is 0 Å². The van der Waals surface area contributed by atoms with Gasteiger partial charge in [-0.15, -0.1) is 0 Å². The lowest BCUT2D eigenvalue weighted by atomic mass is 9.91. The minimum absolute atomic E-state index is 0.00568. The molecule has 2 aliphatic carbocycles. The van der Waals surface area contributed by atoms with E-state index in [4.69, 9.17) is 14.2 Å². The quantitative estimate of drug-likeness (QED) is 0.300. The Hall–Kier alpha value is -5.35. The fourth-order valence-electron chi connectivity index (χ4n) is 4.39. The average molecular weight is 553 g/mol. The van der Waals surface area contributed by atoms with Gasteiger partial charge in [0.1, 0.15) is 29.6 Å². The van der Waals surface area contributed by atoms with Crippen LogP contribution in [-0.4, -0.2) is 42.4 Å². The molecule has 0 bridgehead atoms. The number of Topliss-reactive ketones (excluding diaryl/α,β-unsaturated/α-hetero) is 4. The number of ether oxygens (including phenoxy) is 3.